The van der Waals surface area contributed by atoms with E-state index in [1.165, 1.54) is 26.2 Å². The molecule has 1 N–H and O–H groups in total. The van der Waals surface area contributed by atoms with Gasteiger partial charge in [0.2, 0.25) is 5.91 Å². The molecule has 0 aliphatic heterocycles. The molecule has 0 atom stereocenters. The van der Waals surface area contributed by atoms with Crippen LogP contribution in [0.5, 0.6) is 0 Å². The lowest BCUT2D eigenvalue weighted by atomic mass is 10.1. The second-order valence-electron chi connectivity index (χ2n) is 4.94. The fourth-order valence-electron chi connectivity index (χ4n) is 2.13. The number of anilines is 3. The summed E-state index contributed by atoms with van der Waals surface area (Å²) in [4.78, 5) is 25.0. The predicted molar refractivity (Wildman–Crippen MR) is 86.5 cm³/mol. The van der Waals surface area contributed by atoms with Crippen LogP contribution in [-0.2, 0) is 9.53 Å². The molecule has 0 saturated carbocycles. The second kappa shape index (κ2) is 6.91. The molecule has 5 nitrogen and oxygen atoms in total. The zero-order chi connectivity index (χ0) is 17.0. The van der Waals surface area contributed by atoms with Crippen molar-refractivity contribution in [3.05, 3.63) is 53.8 Å². The topological polar surface area (TPSA) is 58.6 Å². The first-order chi connectivity index (χ1) is 10.9. The minimum Gasteiger partial charge on any atom is -0.465 e. The minimum atomic E-state index is -0.553. The smallest absolute Gasteiger partial charge is 0.340 e. The molecule has 0 fully saturated rings. The molecule has 6 heteroatoms. The highest BCUT2D eigenvalue weighted by Gasteiger charge is 2.15. The van der Waals surface area contributed by atoms with Crippen molar-refractivity contribution in [2.75, 3.05) is 24.4 Å². The Bertz CT molecular complexity index is 729. The summed E-state index contributed by atoms with van der Waals surface area (Å²) < 4.78 is 17.8. The normalized spacial score (nSPS) is 10.1. The first-order valence-corrected chi connectivity index (χ1v) is 6.91. The molecule has 0 unspecified atom stereocenters. The highest BCUT2D eigenvalue weighted by molar-refractivity contribution is 6.01. The van der Waals surface area contributed by atoms with E-state index in [4.69, 9.17) is 4.74 Å². The van der Waals surface area contributed by atoms with E-state index in [0.29, 0.717) is 11.4 Å². The van der Waals surface area contributed by atoms with E-state index in [0.717, 1.165) is 5.69 Å². The first kappa shape index (κ1) is 16.5. The average Bonchev–Trinajstić information content (AvgIpc) is 2.54. The van der Waals surface area contributed by atoms with Crippen LogP contribution in [0.3, 0.4) is 0 Å². The molecule has 1 amide bonds. The van der Waals surface area contributed by atoms with Gasteiger partial charge in [-0.3, -0.25) is 4.79 Å². The zero-order valence-electron chi connectivity index (χ0n) is 13.1. The van der Waals surface area contributed by atoms with E-state index in [1.54, 1.807) is 42.3 Å². The molecule has 0 saturated heterocycles. The van der Waals surface area contributed by atoms with Gasteiger partial charge in [0.15, 0.2) is 0 Å². The number of rotatable bonds is 4. The molecule has 2 aromatic rings. The van der Waals surface area contributed by atoms with Crippen molar-refractivity contribution in [1.29, 1.82) is 0 Å². The standard InChI is InChI=1S/C17H17FN2O3/c1-11(21)19-16-9-8-14(10-15(16)17(22)23-3)20(2)13-6-4-12(18)5-7-13/h4-10H,1-3H3,(H,19,21). The van der Waals surface area contributed by atoms with E-state index in [-0.39, 0.29) is 17.3 Å². The van der Waals surface area contributed by atoms with E-state index in [2.05, 4.69) is 5.32 Å². The molecule has 0 heterocycles. The number of carbonyl (C=O) groups excluding carboxylic acids is 2. The number of methoxy groups -OCH3 is 1. The maximum atomic E-state index is 13.0. The quantitative estimate of drug-likeness (QED) is 0.879. The monoisotopic (exact) mass is 316 g/mol. The SMILES string of the molecule is COC(=O)c1cc(N(C)c2ccc(F)cc2)ccc1NC(C)=O. The Morgan fingerprint density at radius 2 is 1.70 bits per heavy atom. The maximum absolute atomic E-state index is 13.0. The van der Waals surface area contributed by atoms with Gasteiger partial charge < -0.3 is 15.0 Å². The number of ether oxygens (including phenoxy) is 1. The number of nitrogens with one attached hydrogen (secondary N) is 1. The van der Waals surface area contributed by atoms with Crippen molar-refractivity contribution >= 4 is 28.9 Å². The van der Waals surface area contributed by atoms with Crippen LogP contribution in [0, 0.1) is 5.82 Å². The number of nitrogens with zero attached hydrogens (tertiary/aromatic N) is 1. The Morgan fingerprint density at radius 3 is 2.26 bits per heavy atom. The summed E-state index contributed by atoms with van der Waals surface area (Å²) in [5, 5.41) is 2.59. The van der Waals surface area contributed by atoms with Gasteiger partial charge in [-0.25, -0.2) is 9.18 Å². The largest absolute Gasteiger partial charge is 0.465 e. The minimum absolute atomic E-state index is 0.245. The van der Waals surface area contributed by atoms with E-state index < -0.39 is 5.97 Å². The number of esters is 1. The number of benzene rings is 2. The van der Waals surface area contributed by atoms with Crippen LogP contribution in [-0.4, -0.2) is 26.0 Å². The number of hydrogen-bond donors (Lipinski definition) is 1. The second-order valence-corrected chi connectivity index (χ2v) is 4.94. The lowest BCUT2D eigenvalue weighted by molar-refractivity contribution is -0.114. The number of halogens is 1. The van der Waals surface area contributed by atoms with Crippen molar-refractivity contribution in [1.82, 2.24) is 0 Å². The Hall–Kier alpha value is -2.89. The van der Waals surface area contributed by atoms with Gasteiger partial charge in [-0.05, 0) is 42.5 Å². The molecule has 0 aromatic heterocycles. The molecule has 0 radical (unpaired) electrons. The Kier molecular flexibility index (Phi) is 4.95. The van der Waals surface area contributed by atoms with Crippen LogP contribution in [0.15, 0.2) is 42.5 Å². The van der Waals surface area contributed by atoms with Crippen molar-refractivity contribution in [2.45, 2.75) is 6.92 Å². The highest BCUT2D eigenvalue weighted by atomic mass is 19.1. The summed E-state index contributed by atoms with van der Waals surface area (Å²) in [6, 6.07) is 11.0. The third kappa shape index (κ3) is 3.85. The maximum Gasteiger partial charge on any atom is 0.340 e. The van der Waals surface area contributed by atoms with Crippen molar-refractivity contribution in [3.8, 4) is 0 Å². The van der Waals surface area contributed by atoms with Gasteiger partial charge in [-0.1, -0.05) is 0 Å². The molecular formula is C17H17FN2O3. The van der Waals surface area contributed by atoms with Crippen LogP contribution < -0.4 is 10.2 Å². The van der Waals surface area contributed by atoms with Crippen molar-refractivity contribution in [2.24, 2.45) is 0 Å². The molecule has 0 bridgehead atoms. The summed E-state index contributed by atoms with van der Waals surface area (Å²) in [5.41, 5.74) is 2.08. The van der Waals surface area contributed by atoms with Gasteiger partial charge in [-0.2, -0.15) is 0 Å². The summed E-state index contributed by atoms with van der Waals surface area (Å²) in [7, 11) is 3.07. The fourth-order valence-corrected chi connectivity index (χ4v) is 2.13. The van der Waals surface area contributed by atoms with Gasteiger partial charge in [-0.15, -0.1) is 0 Å². The average molecular weight is 316 g/mol. The molecule has 0 aliphatic carbocycles. The summed E-state index contributed by atoms with van der Waals surface area (Å²) >= 11 is 0. The van der Waals surface area contributed by atoms with Gasteiger partial charge in [0.1, 0.15) is 5.82 Å². The van der Waals surface area contributed by atoms with Gasteiger partial charge >= 0.3 is 5.97 Å². The third-order valence-corrected chi connectivity index (χ3v) is 3.32. The Labute approximate surface area is 133 Å². The number of hydrogen-bond acceptors (Lipinski definition) is 4. The lowest BCUT2D eigenvalue weighted by Crippen LogP contribution is -2.14. The van der Waals surface area contributed by atoms with Gasteiger partial charge in [0, 0.05) is 25.3 Å². The Morgan fingerprint density at radius 1 is 1.09 bits per heavy atom. The zero-order valence-corrected chi connectivity index (χ0v) is 13.1. The molecule has 0 spiro atoms. The van der Waals surface area contributed by atoms with Crippen LogP contribution in [0.1, 0.15) is 17.3 Å². The number of carbonyl (C=O) groups is 2. The van der Waals surface area contributed by atoms with Gasteiger partial charge in [0.05, 0.1) is 18.4 Å². The molecule has 2 rings (SSSR count). The summed E-state index contributed by atoms with van der Waals surface area (Å²) in [6.07, 6.45) is 0. The molecule has 23 heavy (non-hydrogen) atoms. The summed E-state index contributed by atoms with van der Waals surface area (Å²) in [5.74, 6) is -1.16. The van der Waals surface area contributed by atoms with Crippen LogP contribution in [0.4, 0.5) is 21.5 Å². The van der Waals surface area contributed by atoms with Crippen LogP contribution >= 0.6 is 0 Å². The van der Waals surface area contributed by atoms with E-state index in [9.17, 15) is 14.0 Å². The van der Waals surface area contributed by atoms with Crippen molar-refractivity contribution < 1.29 is 18.7 Å². The third-order valence-electron chi connectivity index (χ3n) is 3.32. The Balaban J connectivity index is 2.41. The molecule has 2 aromatic carbocycles. The number of amides is 1. The van der Waals surface area contributed by atoms with E-state index >= 15 is 0 Å². The van der Waals surface area contributed by atoms with E-state index in [1.807, 2.05) is 0 Å². The van der Waals surface area contributed by atoms with Crippen LogP contribution in [0.2, 0.25) is 0 Å². The molecule has 120 valence electrons. The van der Waals surface area contributed by atoms with Gasteiger partial charge in [0.25, 0.3) is 0 Å². The predicted octanol–water partition coefficient (Wildman–Crippen LogP) is 3.34. The fraction of sp³-hybridized carbons (Fsp3) is 0.176. The highest BCUT2D eigenvalue weighted by Crippen LogP contribution is 2.28. The molecule has 0 aliphatic rings. The first-order valence-electron chi connectivity index (χ1n) is 6.91. The lowest BCUT2D eigenvalue weighted by Gasteiger charge is -2.21. The molecular weight excluding hydrogens is 299 g/mol. The summed E-state index contributed by atoms with van der Waals surface area (Å²) in [6.45, 7) is 1.36. The van der Waals surface area contributed by atoms with Crippen molar-refractivity contribution in [3.63, 3.8) is 0 Å². The van der Waals surface area contributed by atoms with Crippen LogP contribution in [0.25, 0.3) is 0 Å².